The van der Waals surface area contributed by atoms with Gasteiger partial charge in [-0.25, -0.2) is 0 Å². The second-order valence-electron chi connectivity index (χ2n) is 4.27. The van der Waals surface area contributed by atoms with Crippen molar-refractivity contribution < 1.29 is 9.53 Å². The van der Waals surface area contributed by atoms with Crippen LogP contribution in [0.1, 0.15) is 12.0 Å². The molecule has 0 aliphatic heterocycles. The van der Waals surface area contributed by atoms with Crippen molar-refractivity contribution in [3.05, 3.63) is 66.7 Å². The van der Waals surface area contributed by atoms with Gasteiger partial charge in [-0.15, -0.1) is 0 Å². The van der Waals surface area contributed by atoms with Crippen LogP contribution in [0.3, 0.4) is 0 Å². The van der Waals surface area contributed by atoms with E-state index in [1.165, 1.54) is 7.11 Å². The summed E-state index contributed by atoms with van der Waals surface area (Å²) in [6.07, 6.45) is 0.209. The zero-order chi connectivity index (χ0) is 13.7. The smallest absolute Gasteiger partial charge is 0.309 e. The molecule has 0 saturated heterocycles. The predicted molar refractivity (Wildman–Crippen MR) is 77.5 cm³/mol. The average molecular weight is 252 g/mol. The molecule has 2 aromatic carbocycles. The minimum absolute atomic E-state index is 0.209. The van der Waals surface area contributed by atoms with Crippen LogP contribution in [0.25, 0.3) is 16.7 Å². The van der Waals surface area contributed by atoms with E-state index >= 15 is 0 Å². The highest BCUT2D eigenvalue weighted by Gasteiger charge is 2.10. The van der Waals surface area contributed by atoms with Gasteiger partial charge in [0.05, 0.1) is 13.5 Å². The van der Waals surface area contributed by atoms with Gasteiger partial charge < -0.3 is 4.74 Å². The van der Waals surface area contributed by atoms with Crippen LogP contribution in [0.5, 0.6) is 0 Å². The lowest BCUT2D eigenvalue weighted by molar-refractivity contribution is -0.139. The number of methoxy groups -OCH3 is 1. The first kappa shape index (κ1) is 13.1. The van der Waals surface area contributed by atoms with Crippen LogP contribution in [0.2, 0.25) is 0 Å². The van der Waals surface area contributed by atoms with Crippen molar-refractivity contribution in [2.75, 3.05) is 7.11 Å². The first-order valence-corrected chi connectivity index (χ1v) is 6.12. The van der Waals surface area contributed by atoms with Crippen LogP contribution < -0.4 is 0 Å². The molecule has 0 heterocycles. The molecule has 2 rings (SSSR count). The van der Waals surface area contributed by atoms with Crippen LogP contribution in [-0.2, 0) is 9.53 Å². The van der Waals surface area contributed by atoms with E-state index in [1.807, 2.05) is 54.6 Å². The largest absolute Gasteiger partial charge is 0.469 e. The van der Waals surface area contributed by atoms with Crippen molar-refractivity contribution >= 4 is 11.5 Å². The highest BCUT2D eigenvalue weighted by Crippen LogP contribution is 2.29. The third-order valence-corrected chi connectivity index (χ3v) is 2.98. The maximum atomic E-state index is 11.4. The third kappa shape index (κ3) is 3.10. The van der Waals surface area contributed by atoms with E-state index in [4.69, 9.17) is 0 Å². The molecule has 0 amide bonds. The number of ether oxygens (including phenoxy) is 1. The van der Waals surface area contributed by atoms with Crippen LogP contribution in [0.15, 0.2) is 61.2 Å². The number of carbonyl (C=O) groups is 1. The molecule has 0 aliphatic rings. The van der Waals surface area contributed by atoms with E-state index in [1.54, 1.807) is 0 Å². The highest BCUT2D eigenvalue weighted by atomic mass is 16.5. The second-order valence-corrected chi connectivity index (χ2v) is 4.27. The normalized spacial score (nSPS) is 9.95. The minimum Gasteiger partial charge on any atom is -0.469 e. The lowest BCUT2D eigenvalue weighted by Gasteiger charge is -2.11. The Morgan fingerprint density at radius 1 is 1.05 bits per heavy atom. The Hall–Kier alpha value is -2.35. The van der Waals surface area contributed by atoms with Crippen molar-refractivity contribution in [1.82, 2.24) is 0 Å². The zero-order valence-electron chi connectivity index (χ0n) is 10.9. The van der Waals surface area contributed by atoms with Gasteiger partial charge in [-0.1, -0.05) is 61.2 Å². The lowest BCUT2D eigenvalue weighted by atomic mass is 9.94. The van der Waals surface area contributed by atoms with E-state index in [9.17, 15) is 4.79 Å². The van der Waals surface area contributed by atoms with Gasteiger partial charge in [0.15, 0.2) is 0 Å². The molecule has 0 atom stereocenters. The molecule has 0 unspecified atom stereocenters. The fourth-order valence-corrected chi connectivity index (χ4v) is 2.00. The van der Waals surface area contributed by atoms with Crippen molar-refractivity contribution in [2.45, 2.75) is 6.42 Å². The molecule has 0 bridgehead atoms. The van der Waals surface area contributed by atoms with Crippen molar-refractivity contribution in [3.8, 4) is 11.1 Å². The molecule has 0 radical (unpaired) electrons. The Kier molecular flexibility index (Phi) is 4.14. The number of benzene rings is 2. The summed E-state index contributed by atoms with van der Waals surface area (Å²) in [5, 5.41) is 0. The van der Waals surface area contributed by atoms with Crippen LogP contribution in [0.4, 0.5) is 0 Å². The standard InChI is InChI=1S/C17H16O2/c1-13(12-17(18)19-2)15-10-6-7-11-16(15)14-8-4-3-5-9-14/h3-11H,1,12H2,2H3. The molecule has 2 heteroatoms. The molecule has 0 spiro atoms. The monoisotopic (exact) mass is 252 g/mol. The summed E-state index contributed by atoms with van der Waals surface area (Å²) in [5.74, 6) is -0.270. The number of esters is 1. The maximum Gasteiger partial charge on any atom is 0.309 e. The number of hydrogen-bond acceptors (Lipinski definition) is 2. The van der Waals surface area contributed by atoms with Crippen molar-refractivity contribution in [1.29, 1.82) is 0 Å². The molecule has 96 valence electrons. The van der Waals surface area contributed by atoms with E-state index < -0.39 is 0 Å². The molecule has 0 saturated carbocycles. The van der Waals surface area contributed by atoms with Crippen LogP contribution in [0, 0.1) is 0 Å². The summed E-state index contributed by atoms with van der Waals surface area (Å²) in [5.41, 5.74) is 3.95. The van der Waals surface area contributed by atoms with Crippen molar-refractivity contribution in [2.24, 2.45) is 0 Å². The van der Waals surface area contributed by atoms with Gasteiger partial charge in [0.25, 0.3) is 0 Å². The molecular weight excluding hydrogens is 236 g/mol. The molecule has 19 heavy (non-hydrogen) atoms. The molecular formula is C17H16O2. The summed E-state index contributed by atoms with van der Waals surface area (Å²) < 4.78 is 4.69. The summed E-state index contributed by atoms with van der Waals surface area (Å²) in [6, 6.07) is 18.0. The van der Waals surface area contributed by atoms with Crippen LogP contribution >= 0.6 is 0 Å². The molecule has 2 aromatic rings. The van der Waals surface area contributed by atoms with E-state index in [0.717, 1.165) is 22.3 Å². The second kappa shape index (κ2) is 6.01. The summed E-state index contributed by atoms with van der Waals surface area (Å²) in [7, 11) is 1.39. The van der Waals surface area contributed by atoms with Gasteiger partial charge >= 0.3 is 5.97 Å². The molecule has 0 N–H and O–H groups in total. The summed E-state index contributed by atoms with van der Waals surface area (Å²) in [4.78, 5) is 11.4. The molecule has 0 aliphatic carbocycles. The van der Waals surface area contributed by atoms with Gasteiger partial charge in [0.2, 0.25) is 0 Å². The fraction of sp³-hybridized carbons (Fsp3) is 0.118. The van der Waals surface area contributed by atoms with E-state index in [0.29, 0.717) is 0 Å². The van der Waals surface area contributed by atoms with E-state index in [-0.39, 0.29) is 12.4 Å². The first-order chi connectivity index (χ1) is 9.22. The van der Waals surface area contributed by atoms with Gasteiger partial charge in [-0.05, 0) is 22.3 Å². The topological polar surface area (TPSA) is 26.3 Å². The SMILES string of the molecule is C=C(CC(=O)OC)c1ccccc1-c1ccccc1. The van der Waals surface area contributed by atoms with Gasteiger partial charge in [0.1, 0.15) is 0 Å². The number of hydrogen-bond donors (Lipinski definition) is 0. The van der Waals surface area contributed by atoms with Crippen LogP contribution in [-0.4, -0.2) is 13.1 Å². The Balaban J connectivity index is 2.37. The minimum atomic E-state index is -0.270. The Morgan fingerprint density at radius 3 is 2.37 bits per heavy atom. The van der Waals surface area contributed by atoms with Gasteiger partial charge in [0, 0.05) is 0 Å². The maximum absolute atomic E-state index is 11.4. The number of rotatable bonds is 4. The Labute approximate surface area is 113 Å². The zero-order valence-corrected chi connectivity index (χ0v) is 10.9. The quantitative estimate of drug-likeness (QED) is 0.771. The fourth-order valence-electron chi connectivity index (χ4n) is 2.00. The average Bonchev–Trinajstić information content (AvgIpc) is 2.48. The van der Waals surface area contributed by atoms with E-state index in [2.05, 4.69) is 11.3 Å². The predicted octanol–water partition coefficient (Wildman–Crippen LogP) is 3.93. The third-order valence-electron chi connectivity index (χ3n) is 2.98. The summed E-state index contributed by atoms with van der Waals surface area (Å²) >= 11 is 0. The highest BCUT2D eigenvalue weighted by molar-refractivity contribution is 5.89. The lowest BCUT2D eigenvalue weighted by Crippen LogP contribution is -2.01. The molecule has 0 fully saturated rings. The van der Waals surface area contributed by atoms with Gasteiger partial charge in [-0.2, -0.15) is 0 Å². The van der Waals surface area contributed by atoms with Gasteiger partial charge in [-0.3, -0.25) is 4.79 Å². The van der Waals surface area contributed by atoms with Crippen molar-refractivity contribution in [3.63, 3.8) is 0 Å². The molecule has 0 aromatic heterocycles. The number of carbonyl (C=O) groups excluding carboxylic acids is 1. The summed E-state index contributed by atoms with van der Waals surface area (Å²) in [6.45, 7) is 4.00. The molecule has 2 nitrogen and oxygen atoms in total. The Bertz CT molecular complexity index is 585. The Morgan fingerprint density at radius 2 is 1.68 bits per heavy atom. The first-order valence-electron chi connectivity index (χ1n) is 6.12.